The topological polar surface area (TPSA) is 44.9 Å². The van der Waals surface area contributed by atoms with E-state index in [9.17, 15) is 4.79 Å². The molecule has 0 bridgehead atoms. The van der Waals surface area contributed by atoms with Gasteiger partial charge in [-0.3, -0.25) is 4.79 Å². The van der Waals surface area contributed by atoms with Crippen LogP contribution in [0.3, 0.4) is 0 Å². The van der Waals surface area contributed by atoms with Crippen molar-refractivity contribution in [1.82, 2.24) is 4.98 Å². The first-order chi connectivity index (χ1) is 9.76. The van der Waals surface area contributed by atoms with Crippen molar-refractivity contribution >= 4 is 34.1 Å². The molecule has 100 valence electrons. The molecule has 0 spiro atoms. The van der Waals surface area contributed by atoms with Crippen LogP contribution in [0.25, 0.3) is 10.9 Å². The molecular formula is C16H13ClN2O. The number of carbonyl (C=O) groups excluding carboxylic acids is 1. The molecule has 0 saturated heterocycles. The van der Waals surface area contributed by atoms with E-state index in [0.29, 0.717) is 11.4 Å². The van der Waals surface area contributed by atoms with Gasteiger partial charge in [-0.2, -0.15) is 0 Å². The third-order valence-corrected chi connectivity index (χ3v) is 3.46. The Morgan fingerprint density at radius 3 is 2.90 bits per heavy atom. The number of rotatable bonds is 3. The van der Waals surface area contributed by atoms with E-state index in [1.807, 2.05) is 42.6 Å². The molecule has 1 amide bonds. The van der Waals surface area contributed by atoms with E-state index in [1.165, 1.54) is 0 Å². The van der Waals surface area contributed by atoms with Crippen molar-refractivity contribution < 1.29 is 4.79 Å². The van der Waals surface area contributed by atoms with Gasteiger partial charge in [-0.15, -0.1) is 11.6 Å². The highest BCUT2D eigenvalue weighted by Gasteiger charge is 2.07. The number of nitrogens with one attached hydrogen (secondary N) is 2. The number of carbonyl (C=O) groups is 1. The van der Waals surface area contributed by atoms with E-state index in [0.717, 1.165) is 22.2 Å². The summed E-state index contributed by atoms with van der Waals surface area (Å²) in [6.07, 6.45) is 1.88. The van der Waals surface area contributed by atoms with Crippen molar-refractivity contribution in [3.63, 3.8) is 0 Å². The van der Waals surface area contributed by atoms with Crippen LogP contribution < -0.4 is 5.32 Å². The first-order valence-corrected chi connectivity index (χ1v) is 6.83. The summed E-state index contributed by atoms with van der Waals surface area (Å²) >= 11 is 5.78. The van der Waals surface area contributed by atoms with E-state index in [2.05, 4.69) is 10.3 Å². The Morgan fingerprint density at radius 1 is 1.15 bits per heavy atom. The summed E-state index contributed by atoms with van der Waals surface area (Å²) < 4.78 is 0. The Bertz CT molecular complexity index is 764. The molecule has 0 aliphatic carbocycles. The van der Waals surface area contributed by atoms with Gasteiger partial charge in [0, 0.05) is 34.2 Å². The SMILES string of the molecule is O=C(Nc1ccc2[nH]ccc2c1)c1cccc(CCl)c1. The van der Waals surface area contributed by atoms with Gasteiger partial charge in [-0.25, -0.2) is 0 Å². The van der Waals surface area contributed by atoms with Gasteiger partial charge in [0.15, 0.2) is 0 Å². The minimum absolute atomic E-state index is 0.133. The fourth-order valence-corrected chi connectivity index (χ4v) is 2.30. The van der Waals surface area contributed by atoms with Crippen molar-refractivity contribution in [3.05, 3.63) is 65.9 Å². The third-order valence-electron chi connectivity index (χ3n) is 3.15. The number of anilines is 1. The smallest absolute Gasteiger partial charge is 0.255 e. The number of fused-ring (bicyclic) bond motifs is 1. The fraction of sp³-hybridized carbons (Fsp3) is 0.0625. The molecule has 0 aliphatic rings. The van der Waals surface area contributed by atoms with Crippen LogP contribution in [0.2, 0.25) is 0 Å². The second-order valence-corrected chi connectivity index (χ2v) is 4.84. The number of aromatic amines is 1. The lowest BCUT2D eigenvalue weighted by Crippen LogP contribution is -2.11. The summed E-state index contributed by atoms with van der Waals surface area (Å²) in [5, 5.41) is 3.96. The molecule has 3 nitrogen and oxygen atoms in total. The first-order valence-electron chi connectivity index (χ1n) is 6.30. The fourth-order valence-electron chi connectivity index (χ4n) is 2.13. The molecule has 1 aromatic heterocycles. The zero-order valence-corrected chi connectivity index (χ0v) is 11.4. The van der Waals surface area contributed by atoms with E-state index < -0.39 is 0 Å². The lowest BCUT2D eigenvalue weighted by molar-refractivity contribution is 0.102. The minimum Gasteiger partial charge on any atom is -0.361 e. The Hall–Kier alpha value is -2.26. The molecule has 2 N–H and O–H groups in total. The summed E-state index contributed by atoms with van der Waals surface area (Å²) in [6, 6.07) is 15.0. The highest BCUT2D eigenvalue weighted by molar-refractivity contribution is 6.17. The van der Waals surface area contributed by atoms with Gasteiger partial charge in [-0.1, -0.05) is 12.1 Å². The summed E-state index contributed by atoms with van der Waals surface area (Å²) in [4.78, 5) is 15.3. The van der Waals surface area contributed by atoms with Crippen molar-refractivity contribution in [2.24, 2.45) is 0 Å². The monoisotopic (exact) mass is 284 g/mol. The van der Waals surface area contributed by atoms with Gasteiger partial charge in [-0.05, 0) is 42.0 Å². The molecule has 0 saturated carbocycles. The highest BCUT2D eigenvalue weighted by Crippen LogP contribution is 2.18. The maximum atomic E-state index is 12.2. The van der Waals surface area contributed by atoms with Gasteiger partial charge < -0.3 is 10.3 Å². The van der Waals surface area contributed by atoms with Crippen LogP contribution in [-0.4, -0.2) is 10.9 Å². The van der Waals surface area contributed by atoms with E-state index in [4.69, 9.17) is 11.6 Å². The van der Waals surface area contributed by atoms with Crippen LogP contribution in [0.4, 0.5) is 5.69 Å². The van der Waals surface area contributed by atoms with Gasteiger partial charge in [0.2, 0.25) is 0 Å². The molecule has 1 heterocycles. The number of aromatic nitrogens is 1. The van der Waals surface area contributed by atoms with Crippen molar-refractivity contribution in [2.75, 3.05) is 5.32 Å². The molecule has 0 unspecified atom stereocenters. The minimum atomic E-state index is -0.133. The van der Waals surface area contributed by atoms with E-state index in [-0.39, 0.29) is 5.91 Å². The predicted molar refractivity (Wildman–Crippen MR) is 82.3 cm³/mol. The molecular weight excluding hydrogens is 272 g/mol. The molecule has 0 radical (unpaired) electrons. The van der Waals surface area contributed by atoms with Crippen molar-refractivity contribution in [2.45, 2.75) is 5.88 Å². The zero-order valence-electron chi connectivity index (χ0n) is 10.7. The maximum Gasteiger partial charge on any atom is 0.255 e. The standard InChI is InChI=1S/C16H13ClN2O/c17-10-11-2-1-3-13(8-11)16(20)19-14-4-5-15-12(9-14)6-7-18-15/h1-9,18H,10H2,(H,19,20). The second kappa shape index (κ2) is 5.39. The first kappa shape index (κ1) is 12.8. The van der Waals surface area contributed by atoms with E-state index in [1.54, 1.807) is 12.1 Å². The van der Waals surface area contributed by atoms with Crippen molar-refractivity contribution in [3.8, 4) is 0 Å². The average Bonchev–Trinajstić information content (AvgIpc) is 2.95. The molecule has 4 heteroatoms. The number of H-pyrrole nitrogens is 1. The zero-order chi connectivity index (χ0) is 13.9. The normalized spacial score (nSPS) is 10.7. The van der Waals surface area contributed by atoms with Crippen LogP contribution in [0.1, 0.15) is 15.9 Å². The molecule has 2 aromatic carbocycles. The van der Waals surface area contributed by atoms with Crippen LogP contribution in [0, 0.1) is 0 Å². The number of hydrogen-bond donors (Lipinski definition) is 2. The van der Waals surface area contributed by atoms with E-state index >= 15 is 0 Å². The molecule has 3 rings (SSSR count). The second-order valence-electron chi connectivity index (χ2n) is 4.57. The number of hydrogen-bond acceptors (Lipinski definition) is 1. The van der Waals surface area contributed by atoms with Crippen LogP contribution >= 0.6 is 11.6 Å². The van der Waals surface area contributed by atoms with Gasteiger partial charge in [0.1, 0.15) is 0 Å². The lowest BCUT2D eigenvalue weighted by Gasteiger charge is -2.06. The quantitative estimate of drug-likeness (QED) is 0.697. The summed E-state index contributed by atoms with van der Waals surface area (Å²) in [7, 11) is 0. The van der Waals surface area contributed by atoms with Gasteiger partial charge >= 0.3 is 0 Å². The molecule has 0 atom stereocenters. The Morgan fingerprint density at radius 2 is 2.05 bits per heavy atom. The van der Waals surface area contributed by atoms with Crippen LogP contribution in [-0.2, 0) is 5.88 Å². The van der Waals surface area contributed by atoms with Gasteiger partial charge in [0.25, 0.3) is 5.91 Å². The maximum absolute atomic E-state index is 12.2. The molecule has 0 aliphatic heterocycles. The summed E-state index contributed by atoms with van der Waals surface area (Å²) in [5.41, 5.74) is 3.36. The van der Waals surface area contributed by atoms with Crippen LogP contribution in [0.15, 0.2) is 54.7 Å². The molecule has 20 heavy (non-hydrogen) atoms. The number of amides is 1. The van der Waals surface area contributed by atoms with Crippen molar-refractivity contribution in [1.29, 1.82) is 0 Å². The Balaban J connectivity index is 1.83. The highest BCUT2D eigenvalue weighted by atomic mass is 35.5. The summed E-state index contributed by atoms with van der Waals surface area (Å²) in [6.45, 7) is 0. The number of benzene rings is 2. The average molecular weight is 285 g/mol. The van der Waals surface area contributed by atoms with Gasteiger partial charge in [0.05, 0.1) is 0 Å². The molecule has 0 fully saturated rings. The Labute approximate surface area is 121 Å². The Kier molecular flexibility index (Phi) is 3.44. The number of alkyl halides is 1. The third kappa shape index (κ3) is 2.53. The lowest BCUT2D eigenvalue weighted by atomic mass is 10.1. The van der Waals surface area contributed by atoms with Crippen LogP contribution in [0.5, 0.6) is 0 Å². The number of halogens is 1. The summed E-state index contributed by atoms with van der Waals surface area (Å²) in [5.74, 6) is 0.267. The predicted octanol–water partition coefficient (Wildman–Crippen LogP) is 4.16. The molecule has 3 aromatic rings. The largest absolute Gasteiger partial charge is 0.361 e.